The van der Waals surface area contributed by atoms with E-state index in [-0.39, 0.29) is 33.8 Å². The van der Waals surface area contributed by atoms with Crippen LogP contribution < -0.4 is 25.5 Å². The fourth-order valence-corrected chi connectivity index (χ4v) is 14.5. The van der Waals surface area contributed by atoms with Crippen LogP contribution in [-0.2, 0) is 27.1 Å². The molecule has 2 aromatic heterocycles. The summed E-state index contributed by atoms with van der Waals surface area (Å²) in [5.41, 5.74) is 23.4. The number of hydrogen-bond acceptors (Lipinski definition) is 4. The minimum absolute atomic E-state index is 0.0120. The molecule has 0 amide bonds. The monoisotopic (exact) mass is 932 g/mol. The van der Waals surface area contributed by atoms with Gasteiger partial charge in [-0.15, -0.1) is 11.3 Å². The highest BCUT2D eigenvalue weighted by Crippen LogP contribution is 2.56. The van der Waals surface area contributed by atoms with E-state index in [1.165, 1.54) is 105 Å². The molecule has 0 unspecified atom stereocenters. The lowest BCUT2D eigenvalue weighted by molar-refractivity contribution is 0.332. The van der Waals surface area contributed by atoms with Crippen molar-refractivity contribution in [3.8, 4) is 11.1 Å². The van der Waals surface area contributed by atoms with Gasteiger partial charge in [-0.1, -0.05) is 137 Å². The molecule has 0 fully saturated rings. The van der Waals surface area contributed by atoms with Crippen molar-refractivity contribution in [1.82, 2.24) is 0 Å². The molecule has 7 aromatic carbocycles. The van der Waals surface area contributed by atoms with Crippen LogP contribution in [-0.4, -0.2) is 6.71 Å². The zero-order valence-corrected chi connectivity index (χ0v) is 44.1. The number of thiophene rings is 1. The van der Waals surface area contributed by atoms with Gasteiger partial charge < -0.3 is 14.2 Å². The Balaban J connectivity index is 1.18. The lowest BCUT2D eigenvalue weighted by Gasteiger charge is -2.48. The van der Waals surface area contributed by atoms with Crippen LogP contribution in [0.25, 0.3) is 43.2 Å². The summed E-state index contributed by atoms with van der Waals surface area (Å²) in [6, 6.07) is 49.6. The fourth-order valence-electron chi connectivity index (χ4n) is 13.2. The number of nitrogens with zero attached hydrogens (tertiary/aromatic N) is 2. The number of rotatable bonds is 3. The molecule has 70 heavy (non-hydrogen) atoms. The first-order valence-electron chi connectivity index (χ1n) is 25.9. The van der Waals surface area contributed by atoms with Gasteiger partial charge in [-0.25, -0.2) is 0 Å². The van der Waals surface area contributed by atoms with Gasteiger partial charge in [0.1, 0.15) is 11.2 Å². The third kappa shape index (κ3) is 6.32. The molecule has 2 aliphatic carbocycles. The Labute approximate surface area is 419 Å². The van der Waals surface area contributed by atoms with E-state index in [9.17, 15) is 0 Å². The van der Waals surface area contributed by atoms with Gasteiger partial charge in [0.25, 0.3) is 6.71 Å². The second-order valence-electron chi connectivity index (χ2n) is 25.1. The molecule has 9 aromatic rings. The fraction of sp³-hybridized carbons (Fsp3) is 0.323. The van der Waals surface area contributed by atoms with E-state index in [2.05, 4.69) is 220 Å². The number of para-hydroxylation sites is 1. The second kappa shape index (κ2) is 14.5. The molecule has 350 valence electrons. The van der Waals surface area contributed by atoms with Crippen LogP contribution in [0.1, 0.15) is 135 Å². The Hall–Kier alpha value is -6.04. The number of fused-ring (bicyclic) bond motifs is 11. The Morgan fingerprint density at radius 3 is 1.79 bits per heavy atom. The second-order valence-corrected chi connectivity index (χ2v) is 26.2. The van der Waals surface area contributed by atoms with Crippen LogP contribution in [0.5, 0.6) is 0 Å². The van der Waals surface area contributed by atoms with Gasteiger partial charge >= 0.3 is 0 Å². The first-order chi connectivity index (χ1) is 33.2. The smallest absolute Gasteiger partial charge is 0.264 e. The zero-order valence-electron chi connectivity index (χ0n) is 43.2. The zero-order chi connectivity index (χ0) is 48.6. The molecule has 3 nitrogen and oxygen atoms in total. The van der Waals surface area contributed by atoms with Crippen molar-refractivity contribution in [2.24, 2.45) is 0 Å². The molecular weight excluding hydrogens is 868 g/mol. The molecule has 5 heteroatoms. The standard InChI is InChI=1S/C65H65BN2OS/c1-38-30-53-58-54(31-38)68(51-36-48-46(62(5,6)26-28-64(48,9)10)34-44(51)39-18-14-13-15-19-39)52-37-49-47(63(7,8)27-29-65(49,11)12)35-50(52)66(58)60-59(45-32-40(61(2,3)4)22-25-57(45)70-60)67(53)41-23-24-43-42-20-16-17-21-55(42)69-56(43)33-41/h13-25,30-37H,26-29H2,1-12H3. The summed E-state index contributed by atoms with van der Waals surface area (Å²) in [4.78, 5) is 5.37. The maximum atomic E-state index is 6.70. The van der Waals surface area contributed by atoms with Crippen molar-refractivity contribution >= 4 is 99.9 Å². The van der Waals surface area contributed by atoms with Gasteiger partial charge in [0.15, 0.2) is 0 Å². The van der Waals surface area contributed by atoms with Crippen molar-refractivity contribution in [3.63, 3.8) is 0 Å². The average molecular weight is 933 g/mol. The SMILES string of the molecule is Cc1cc2c3c(c1)N(c1ccc4c(c1)oc1ccccc14)c1c(sc4ccc(C(C)(C)C)cc14)B3c1cc3c(cc1N2c1cc2c(cc1-c1ccccc1)C(C)(C)CCC2(C)C)C(C)(C)CCC3(C)C. The van der Waals surface area contributed by atoms with Crippen molar-refractivity contribution in [3.05, 3.63) is 161 Å². The lowest BCUT2D eigenvalue weighted by atomic mass is 9.35. The van der Waals surface area contributed by atoms with Crippen molar-refractivity contribution in [2.45, 2.75) is 136 Å². The van der Waals surface area contributed by atoms with E-state index in [4.69, 9.17) is 4.42 Å². The Kier molecular flexibility index (Phi) is 9.13. The van der Waals surface area contributed by atoms with Crippen LogP contribution in [0.4, 0.5) is 34.1 Å². The number of furan rings is 1. The molecule has 4 heterocycles. The lowest BCUT2D eigenvalue weighted by Crippen LogP contribution is -2.61. The van der Waals surface area contributed by atoms with Crippen LogP contribution in [0.2, 0.25) is 0 Å². The van der Waals surface area contributed by atoms with Crippen molar-refractivity contribution in [2.75, 3.05) is 9.80 Å². The average Bonchev–Trinajstić information content (AvgIpc) is 3.89. The molecular formula is C65H65BN2OS. The quantitative estimate of drug-likeness (QED) is 0.165. The molecule has 4 aliphatic rings. The van der Waals surface area contributed by atoms with Gasteiger partial charge in [-0.05, 0) is 170 Å². The molecule has 0 atom stereocenters. The molecule has 0 radical (unpaired) electrons. The van der Waals surface area contributed by atoms with Crippen LogP contribution in [0, 0.1) is 6.92 Å². The topological polar surface area (TPSA) is 19.6 Å². The summed E-state index contributed by atoms with van der Waals surface area (Å²) in [6.07, 6.45) is 4.65. The third-order valence-corrected chi connectivity index (χ3v) is 18.8. The minimum Gasteiger partial charge on any atom is -0.456 e. The molecule has 0 bridgehead atoms. The first kappa shape index (κ1) is 43.9. The number of anilines is 6. The highest BCUT2D eigenvalue weighted by Gasteiger charge is 2.49. The molecule has 0 saturated carbocycles. The maximum Gasteiger partial charge on any atom is 0.264 e. The van der Waals surface area contributed by atoms with E-state index in [0.717, 1.165) is 46.9 Å². The molecule has 2 aliphatic heterocycles. The van der Waals surface area contributed by atoms with Gasteiger partial charge in [0.2, 0.25) is 0 Å². The predicted octanol–water partition coefficient (Wildman–Crippen LogP) is 16.9. The molecule has 0 saturated heterocycles. The number of aryl methyl sites for hydroxylation is 1. The largest absolute Gasteiger partial charge is 0.456 e. The van der Waals surface area contributed by atoms with Crippen LogP contribution >= 0.6 is 11.3 Å². The van der Waals surface area contributed by atoms with Gasteiger partial charge in [0, 0.05) is 60.0 Å². The Morgan fingerprint density at radius 2 is 1.11 bits per heavy atom. The Morgan fingerprint density at radius 1 is 0.529 bits per heavy atom. The van der Waals surface area contributed by atoms with Gasteiger partial charge in [-0.2, -0.15) is 0 Å². The van der Waals surface area contributed by atoms with Crippen molar-refractivity contribution < 1.29 is 4.42 Å². The van der Waals surface area contributed by atoms with Crippen LogP contribution in [0.3, 0.4) is 0 Å². The van der Waals surface area contributed by atoms with E-state index < -0.39 is 0 Å². The van der Waals surface area contributed by atoms with Crippen molar-refractivity contribution in [1.29, 1.82) is 0 Å². The van der Waals surface area contributed by atoms with E-state index in [1.54, 1.807) is 0 Å². The predicted molar refractivity (Wildman–Crippen MR) is 303 cm³/mol. The molecule has 13 rings (SSSR count). The number of hydrogen-bond donors (Lipinski definition) is 0. The van der Waals surface area contributed by atoms with Gasteiger partial charge in [-0.3, -0.25) is 0 Å². The molecule has 0 spiro atoms. The summed E-state index contributed by atoms with van der Waals surface area (Å²) in [5.74, 6) is 0. The highest BCUT2D eigenvalue weighted by molar-refractivity contribution is 7.33. The summed E-state index contributed by atoms with van der Waals surface area (Å²) in [7, 11) is 0. The van der Waals surface area contributed by atoms with E-state index in [0.29, 0.717) is 0 Å². The van der Waals surface area contributed by atoms with Crippen LogP contribution in [0.15, 0.2) is 132 Å². The maximum absolute atomic E-state index is 6.70. The summed E-state index contributed by atoms with van der Waals surface area (Å²) in [5, 5.41) is 3.62. The normalized spacial score (nSPS) is 18.1. The summed E-state index contributed by atoms with van der Waals surface area (Å²) >= 11 is 2.00. The molecule has 0 N–H and O–H groups in total. The minimum atomic E-state index is -0.0120. The number of benzene rings is 7. The Bertz CT molecular complexity index is 3690. The third-order valence-electron chi connectivity index (χ3n) is 17.6. The van der Waals surface area contributed by atoms with E-state index >= 15 is 0 Å². The first-order valence-corrected chi connectivity index (χ1v) is 26.7. The van der Waals surface area contributed by atoms with Gasteiger partial charge in [0.05, 0.1) is 11.4 Å². The highest BCUT2D eigenvalue weighted by atomic mass is 32.1. The summed E-state index contributed by atoms with van der Waals surface area (Å²) < 4.78 is 9.44. The summed E-state index contributed by atoms with van der Waals surface area (Å²) in [6.45, 7) is 29.2. The van der Waals surface area contributed by atoms with E-state index in [1.807, 2.05) is 11.3 Å².